The highest BCUT2D eigenvalue weighted by molar-refractivity contribution is 5.33. The fourth-order valence-electron chi connectivity index (χ4n) is 1.98. The molecule has 0 fully saturated rings. The van der Waals surface area contributed by atoms with Crippen LogP contribution in [-0.2, 0) is 0 Å². The minimum atomic E-state index is 0.277. The van der Waals surface area contributed by atoms with Gasteiger partial charge in [-0.15, -0.1) is 0 Å². The van der Waals surface area contributed by atoms with Crippen molar-refractivity contribution in [3.63, 3.8) is 0 Å². The predicted octanol–water partition coefficient (Wildman–Crippen LogP) is 2.94. The van der Waals surface area contributed by atoms with Crippen LogP contribution < -0.4 is 5.32 Å². The van der Waals surface area contributed by atoms with E-state index in [1.165, 1.54) is 12.0 Å². The summed E-state index contributed by atoms with van der Waals surface area (Å²) in [6.45, 7) is 8.60. The van der Waals surface area contributed by atoms with E-state index in [1.807, 2.05) is 18.2 Å². The molecule has 0 aliphatic heterocycles. The fourth-order valence-corrected chi connectivity index (χ4v) is 1.98. The largest absolute Gasteiger partial charge is 0.309 e. The molecule has 2 unspecified atom stereocenters. The Bertz CT molecular complexity index is 422. The molecule has 0 spiro atoms. The van der Waals surface area contributed by atoms with Gasteiger partial charge in [0, 0.05) is 25.2 Å². The van der Waals surface area contributed by atoms with E-state index in [-0.39, 0.29) is 6.04 Å². The summed E-state index contributed by atoms with van der Waals surface area (Å²) in [5.74, 6) is 0. The smallest absolute Gasteiger partial charge is 0.0991 e. The number of nitriles is 1. The molecule has 0 saturated heterocycles. The Kier molecular flexibility index (Phi) is 6.55. The van der Waals surface area contributed by atoms with Crippen molar-refractivity contribution in [2.45, 2.75) is 39.3 Å². The summed E-state index contributed by atoms with van der Waals surface area (Å²) in [4.78, 5) is 2.37. The van der Waals surface area contributed by atoms with Gasteiger partial charge in [-0.25, -0.2) is 0 Å². The maximum Gasteiger partial charge on any atom is 0.0991 e. The second kappa shape index (κ2) is 7.93. The fraction of sp³-hybridized carbons (Fsp3) is 0.562. The van der Waals surface area contributed by atoms with Gasteiger partial charge in [0.25, 0.3) is 0 Å². The third-order valence-corrected chi connectivity index (χ3v) is 3.77. The van der Waals surface area contributed by atoms with E-state index in [0.717, 1.165) is 18.7 Å². The van der Waals surface area contributed by atoms with Crippen molar-refractivity contribution >= 4 is 0 Å². The molecule has 1 aromatic rings. The molecule has 0 aliphatic carbocycles. The van der Waals surface area contributed by atoms with Gasteiger partial charge in [-0.2, -0.15) is 5.26 Å². The second-order valence-electron chi connectivity index (χ2n) is 5.15. The summed E-state index contributed by atoms with van der Waals surface area (Å²) < 4.78 is 0. The van der Waals surface area contributed by atoms with Gasteiger partial charge in [-0.05, 0) is 45.0 Å². The molecule has 3 nitrogen and oxygen atoms in total. The lowest BCUT2D eigenvalue weighted by molar-refractivity contribution is 0.249. The van der Waals surface area contributed by atoms with E-state index in [4.69, 9.17) is 5.26 Å². The Labute approximate surface area is 117 Å². The van der Waals surface area contributed by atoms with Gasteiger partial charge in [0.2, 0.25) is 0 Å². The summed E-state index contributed by atoms with van der Waals surface area (Å²) in [5, 5.41) is 12.4. The van der Waals surface area contributed by atoms with Crippen molar-refractivity contribution in [2.24, 2.45) is 0 Å². The van der Waals surface area contributed by atoms with Crippen molar-refractivity contribution in [2.75, 3.05) is 20.1 Å². The van der Waals surface area contributed by atoms with Crippen molar-refractivity contribution < 1.29 is 0 Å². The van der Waals surface area contributed by atoms with Crippen LogP contribution in [0.25, 0.3) is 0 Å². The van der Waals surface area contributed by atoms with E-state index in [0.29, 0.717) is 6.04 Å². The van der Waals surface area contributed by atoms with Gasteiger partial charge in [0.15, 0.2) is 0 Å². The molecule has 0 bridgehead atoms. The SMILES string of the molecule is CCC(C)N(C)CCNC(C)c1cccc(C#N)c1. The van der Waals surface area contributed by atoms with Crippen LogP contribution in [0.2, 0.25) is 0 Å². The van der Waals surface area contributed by atoms with E-state index >= 15 is 0 Å². The van der Waals surface area contributed by atoms with Crippen LogP contribution in [-0.4, -0.2) is 31.1 Å². The normalized spacial score (nSPS) is 14.1. The number of rotatable bonds is 7. The molecule has 0 aromatic heterocycles. The Hall–Kier alpha value is -1.37. The zero-order chi connectivity index (χ0) is 14.3. The average Bonchev–Trinajstić information content (AvgIpc) is 2.46. The van der Waals surface area contributed by atoms with E-state index < -0.39 is 0 Å². The maximum absolute atomic E-state index is 8.90. The van der Waals surface area contributed by atoms with Gasteiger partial charge in [-0.3, -0.25) is 0 Å². The van der Waals surface area contributed by atoms with E-state index in [9.17, 15) is 0 Å². The predicted molar refractivity (Wildman–Crippen MR) is 80.0 cm³/mol. The molecule has 0 saturated carbocycles. The van der Waals surface area contributed by atoms with Crippen molar-refractivity contribution in [1.82, 2.24) is 10.2 Å². The Balaban J connectivity index is 2.43. The monoisotopic (exact) mass is 259 g/mol. The summed E-state index contributed by atoms with van der Waals surface area (Å²) in [6, 6.07) is 10.9. The summed E-state index contributed by atoms with van der Waals surface area (Å²) in [5.41, 5.74) is 1.90. The number of likely N-dealkylation sites (N-methyl/N-ethyl adjacent to an activating group) is 1. The molecule has 0 heterocycles. The third kappa shape index (κ3) is 5.02. The summed E-state index contributed by atoms with van der Waals surface area (Å²) >= 11 is 0. The lowest BCUT2D eigenvalue weighted by Gasteiger charge is -2.24. The van der Waals surface area contributed by atoms with Crippen LogP contribution >= 0.6 is 0 Å². The first kappa shape index (κ1) is 15.7. The quantitative estimate of drug-likeness (QED) is 0.818. The van der Waals surface area contributed by atoms with Gasteiger partial charge in [-0.1, -0.05) is 19.1 Å². The van der Waals surface area contributed by atoms with Crippen LogP contribution in [0, 0.1) is 11.3 Å². The molecule has 2 atom stereocenters. The number of hydrogen-bond donors (Lipinski definition) is 1. The van der Waals surface area contributed by atoms with Gasteiger partial charge in [0.1, 0.15) is 0 Å². The van der Waals surface area contributed by atoms with Crippen molar-refractivity contribution in [1.29, 1.82) is 5.26 Å². The Morgan fingerprint density at radius 1 is 1.37 bits per heavy atom. The van der Waals surface area contributed by atoms with Crippen LogP contribution in [0.5, 0.6) is 0 Å². The molecule has 1 rings (SSSR count). The molecule has 0 radical (unpaired) electrons. The minimum Gasteiger partial charge on any atom is -0.309 e. The van der Waals surface area contributed by atoms with Crippen LogP contribution in [0.4, 0.5) is 0 Å². The van der Waals surface area contributed by atoms with Crippen LogP contribution in [0.1, 0.15) is 44.4 Å². The standard InChI is InChI=1S/C16H25N3/c1-5-13(2)19(4)10-9-18-14(3)16-8-6-7-15(11-16)12-17/h6-8,11,13-14,18H,5,9-10H2,1-4H3. The Morgan fingerprint density at radius 2 is 2.11 bits per heavy atom. The molecule has 3 heteroatoms. The number of benzene rings is 1. The lowest BCUT2D eigenvalue weighted by atomic mass is 10.1. The molecular weight excluding hydrogens is 234 g/mol. The molecule has 104 valence electrons. The average molecular weight is 259 g/mol. The first-order valence-electron chi connectivity index (χ1n) is 7.02. The summed E-state index contributed by atoms with van der Waals surface area (Å²) in [6.07, 6.45) is 1.18. The zero-order valence-electron chi connectivity index (χ0n) is 12.5. The molecule has 1 N–H and O–H groups in total. The minimum absolute atomic E-state index is 0.277. The van der Waals surface area contributed by atoms with Crippen molar-refractivity contribution in [3.8, 4) is 6.07 Å². The highest BCUT2D eigenvalue weighted by atomic mass is 15.1. The van der Waals surface area contributed by atoms with Crippen molar-refractivity contribution in [3.05, 3.63) is 35.4 Å². The van der Waals surface area contributed by atoms with E-state index in [1.54, 1.807) is 0 Å². The van der Waals surface area contributed by atoms with Gasteiger partial charge in [0.05, 0.1) is 11.6 Å². The maximum atomic E-state index is 8.90. The van der Waals surface area contributed by atoms with Crippen LogP contribution in [0.3, 0.4) is 0 Å². The number of nitrogens with one attached hydrogen (secondary N) is 1. The third-order valence-electron chi connectivity index (χ3n) is 3.77. The van der Waals surface area contributed by atoms with Gasteiger partial charge < -0.3 is 10.2 Å². The first-order valence-corrected chi connectivity index (χ1v) is 7.02. The van der Waals surface area contributed by atoms with E-state index in [2.05, 4.69) is 50.2 Å². The molecular formula is C16H25N3. The number of hydrogen-bond acceptors (Lipinski definition) is 3. The van der Waals surface area contributed by atoms with Gasteiger partial charge >= 0.3 is 0 Å². The highest BCUT2D eigenvalue weighted by Crippen LogP contribution is 2.13. The second-order valence-corrected chi connectivity index (χ2v) is 5.15. The highest BCUT2D eigenvalue weighted by Gasteiger charge is 2.08. The summed E-state index contributed by atoms with van der Waals surface area (Å²) in [7, 11) is 2.16. The number of nitrogens with zero attached hydrogens (tertiary/aromatic N) is 2. The molecule has 1 aromatic carbocycles. The van der Waals surface area contributed by atoms with Crippen LogP contribution in [0.15, 0.2) is 24.3 Å². The lowest BCUT2D eigenvalue weighted by Crippen LogP contribution is -2.35. The Morgan fingerprint density at radius 3 is 2.74 bits per heavy atom. The molecule has 0 amide bonds. The first-order chi connectivity index (χ1) is 9.08. The topological polar surface area (TPSA) is 39.1 Å². The molecule has 19 heavy (non-hydrogen) atoms. The zero-order valence-corrected chi connectivity index (χ0v) is 12.5. The molecule has 0 aliphatic rings.